The molecule has 0 saturated carbocycles. The second kappa shape index (κ2) is 7.28. The summed E-state index contributed by atoms with van der Waals surface area (Å²) in [5, 5.41) is 10.2. The molecule has 2 heteroatoms. The van der Waals surface area contributed by atoms with Crippen LogP contribution >= 0.6 is 0 Å². The number of aryl methyl sites for hydroxylation is 1. The molecule has 0 fully saturated rings. The molecule has 0 aliphatic carbocycles. The van der Waals surface area contributed by atoms with Crippen LogP contribution in [0.4, 0.5) is 0 Å². The first kappa shape index (κ1) is 15.6. The van der Waals surface area contributed by atoms with E-state index in [4.69, 9.17) is 4.74 Å². The minimum atomic E-state index is -0.476. The molecule has 0 amide bonds. The number of aliphatic hydroxyl groups excluding tert-OH is 1. The van der Waals surface area contributed by atoms with Gasteiger partial charge in [-0.2, -0.15) is 0 Å². The van der Waals surface area contributed by atoms with Crippen molar-refractivity contribution in [3.8, 4) is 5.75 Å². The first-order valence-electron chi connectivity index (χ1n) is 7.53. The monoisotopic (exact) mass is 284 g/mol. The average Bonchev–Trinajstić information content (AvgIpc) is 2.47. The smallest absolute Gasteiger partial charge is 0.119 e. The molecule has 1 atom stereocenters. The maximum atomic E-state index is 10.2. The zero-order valence-corrected chi connectivity index (χ0v) is 13.0. The number of hydrogen-bond donors (Lipinski definition) is 1. The Morgan fingerprint density at radius 3 is 2.29 bits per heavy atom. The molecule has 0 spiro atoms. The first-order chi connectivity index (χ1) is 10.1. The Balaban J connectivity index is 1.85. The van der Waals surface area contributed by atoms with Gasteiger partial charge in [0.2, 0.25) is 0 Å². The minimum Gasteiger partial charge on any atom is -0.493 e. The van der Waals surface area contributed by atoms with Gasteiger partial charge in [0.1, 0.15) is 5.75 Å². The van der Waals surface area contributed by atoms with Gasteiger partial charge < -0.3 is 9.84 Å². The summed E-state index contributed by atoms with van der Waals surface area (Å²) < 4.78 is 5.68. The van der Waals surface area contributed by atoms with E-state index < -0.39 is 6.10 Å². The lowest BCUT2D eigenvalue weighted by atomic mass is 9.99. The second-order valence-corrected chi connectivity index (χ2v) is 5.79. The van der Waals surface area contributed by atoms with Crippen molar-refractivity contribution in [2.75, 3.05) is 6.61 Å². The second-order valence-electron chi connectivity index (χ2n) is 5.79. The van der Waals surface area contributed by atoms with Crippen molar-refractivity contribution in [2.45, 2.75) is 39.2 Å². The Morgan fingerprint density at radius 2 is 1.67 bits per heavy atom. The van der Waals surface area contributed by atoms with Crippen molar-refractivity contribution in [3.63, 3.8) is 0 Å². The molecule has 21 heavy (non-hydrogen) atoms. The van der Waals surface area contributed by atoms with Gasteiger partial charge in [0.25, 0.3) is 0 Å². The van der Waals surface area contributed by atoms with Crippen molar-refractivity contribution < 1.29 is 9.84 Å². The van der Waals surface area contributed by atoms with Crippen molar-refractivity contribution in [1.82, 2.24) is 0 Å². The highest BCUT2D eigenvalue weighted by Crippen LogP contribution is 2.21. The highest BCUT2D eigenvalue weighted by Gasteiger charge is 2.08. The van der Waals surface area contributed by atoms with Crippen molar-refractivity contribution in [3.05, 3.63) is 65.2 Å². The van der Waals surface area contributed by atoms with Crippen LogP contribution in [-0.4, -0.2) is 11.7 Å². The zero-order valence-electron chi connectivity index (χ0n) is 13.0. The third-order valence-corrected chi connectivity index (χ3v) is 3.64. The largest absolute Gasteiger partial charge is 0.493 e. The lowest BCUT2D eigenvalue weighted by Crippen LogP contribution is -2.05. The van der Waals surface area contributed by atoms with Crippen molar-refractivity contribution in [2.24, 2.45) is 0 Å². The molecule has 1 N–H and O–H groups in total. The zero-order chi connectivity index (χ0) is 15.2. The molecule has 2 rings (SSSR count). The molecule has 0 aliphatic rings. The van der Waals surface area contributed by atoms with Gasteiger partial charge in [-0.05, 0) is 41.7 Å². The fourth-order valence-corrected chi connectivity index (χ4v) is 2.26. The molecule has 2 nitrogen and oxygen atoms in total. The predicted molar refractivity (Wildman–Crippen MR) is 86.8 cm³/mol. The molecule has 0 saturated heterocycles. The van der Waals surface area contributed by atoms with Crippen LogP contribution in [0.2, 0.25) is 0 Å². The van der Waals surface area contributed by atoms with E-state index >= 15 is 0 Å². The van der Waals surface area contributed by atoms with Gasteiger partial charge in [0.05, 0.1) is 12.7 Å². The Labute approximate surface area is 127 Å². The van der Waals surface area contributed by atoms with Gasteiger partial charge in [-0.15, -0.1) is 0 Å². The van der Waals surface area contributed by atoms with Crippen LogP contribution in [0.5, 0.6) is 5.75 Å². The highest BCUT2D eigenvalue weighted by atomic mass is 16.5. The third kappa shape index (κ3) is 4.61. The van der Waals surface area contributed by atoms with Crippen LogP contribution < -0.4 is 4.74 Å². The van der Waals surface area contributed by atoms with Gasteiger partial charge in [-0.3, -0.25) is 0 Å². The van der Waals surface area contributed by atoms with Crippen LogP contribution in [-0.2, 0) is 0 Å². The van der Waals surface area contributed by atoms with Crippen LogP contribution in [0, 0.1) is 6.92 Å². The topological polar surface area (TPSA) is 29.5 Å². The summed E-state index contributed by atoms with van der Waals surface area (Å²) in [5.74, 6) is 1.37. The maximum absolute atomic E-state index is 10.2. The SMILES string of the molecule is Cc1cccc(OCCC(O)c2ccc(C(C)C)cc2)c1. The standard InChI is InChI=1S/C19H24O2/c1-14(2)16-7-9-17(10-8-16)19(20)11-12-21-18-6-4-5-15(3)13-18/h4-10,13-14,19-20H,11-12H2,1-3H3. The van der Waals surface area contributed by atoms with E-state index in [1.165, 1.54) is 11.1 Å². The summed E-state index contributed by atoms with van der Waals surface area (Å²) in [6.45, 7) is 6.89. The van der Waals surface area contributed by atoms with Gasteiger partial charge in [0, 0.05) is 6.42 Å². The van der Waals surface area contributed by atoms with Crippen molar-refractivity contribution in [1.29, 1.82) is 0 Å². The van der Waals surface area contributed by atoms with Crippen molar-refractivity contribution >= 4 is 0 Å². The minimum absolute atomic E-state index is 0.476. The van der Waals surface area contributed by atoms with E-state index in [9.17, 15) is 5.11 Å². The predicted octanol–water partition coefficient (Wildman–Crippen LogP) is 4.62. The van der Waals surface area contributed by atoms with Crippen LogP contribution in [0.1, 0.15) is 49.0 Å². The van der Waals surface area contributed by atoms with E-state index in [0.717, 1.165) is 11.3 Å². The Bertz CT molecular complexity index is 558. The molecule has 2 aromatic carbocycles. The van der Waals surface area contributed by atoms with E-state index in [1.807, 2.05) is 43.3 Å². The van der Waals surface area contributed by atoms with E-state index in [0.29, 0.717) is 18.9 Å². The molecule has 0 aromatic heterocycles. The summed E-state index contributed by atoms with van der Waals surface area (Å²) in [6.07, 6.45) is 0.116. The van der Waals surface area contributed by atoms with Gasteiger partial charge in [-0.25, -0.2) is 0 Å². The fraction of sp³-hybridized carbons (Fsp3) is 0.368. The lowest BCUT2D eigenvalue weighted by Gasteiger charge is -2.13. The quantitative estimate of drug-likeness (QED) is 0.838. The average molecular weight is 284 g/mol. The summed E-state index contributed by atoms with van der Waals surface area (Å²) >= 11 is 0. The summed E-state index contributed by atoms with van der Waals surface area (Å²) in [5.41, 5.74) is 3.42. The number of ether oxygens (including phenoxy) is 1. The molecule has 0 bridgehead atoms. The number of benzene rings is 2. The summed E-state index contributed by atoms with van der Waals surface area (Å²) in [4.78, 5) is 0. The Hall–Kier alpha value is -1.80. The van der Waals surface area contributed by atoms with E-state index in [-0.39, 0.29) is 0 Å². The molecule has 2 aromatic rings. The molecule has 0 heterocycles. The van der Waals surface area contributed by atoms with Crippen LogP contribution in [0.15, 0.2) is 48.5 Å². The number of rotatable bonds is 6. The molecule has 0 aliphatic heterocycles. The molecular weight excluding hydrogens is 260 g/mol. The summed E-state index contributed by atoms with van der Waals surface area (Å²) in [6, 6.07) is 16.2. The third-order valence-electron chi connectivity index (χ3n) is 3.64. The molecule has 0 radical (unpaired) electrons. The van der Waals surface area contributed by atoms with Crippen LogP contribution in [0.3, 0.4) is 0 Å². The lowest BCUT2D eigenvalue weighted by molar-refractivity contribution is 0.140. The van der Waals surface area contributed by atoms with Gasteiger partial charge in [0.15, 0.2) is 0 Å². The van der Waals surface area contributed by atoms with Gasteiger partial charge >= 0.3 is 0 Å². The summed E-state index contributed by atoms with van der Waals surface area (Å²) in [7, 11) is 0. The maximum Gasteiger partial charge on any atom is 0.119 e. The highest BCUT2D eigenvalue weighted by molar-refractivity contribution is 5.28. The van der Waals surface area contributed by atoms with Crippen LogP contribution in [0.25, 0.3) is 0 Å². The molecule has 112 valence electrons. The number of aliphatic hydroxyl groups is 1. The normalized spacial score (nSPS) is 12.4. The van der Waals surface area contributed by atoms with E-state index in [1.54, 1.807) is 0 Å². The Morgan fingerprint density at radius 1 is 1.00 bits per heavy atom. The molecule has 1 unspecified atom stereocenters. The fourth-order valence-electron chi connectivity index (χ4n) is 2.26. The van der Waals surface area contributed by atoms with E-state index in [2.05, 4.69) is 26.0 Å². The first-order valence-corrected chi connectivity index (χ1v) is 7.53. The number of hydrogen-bond acceptors (Lipinski definition) is 2. The Kier molecular flexibility index (Phi) is 5.40. The van der Waals surface area contributed by atoms with Gasteiger partial charge in [-0.1, -0.05) is 50.2 Å². The molecular formula is C19H24O2.